The number of aromatic nitrogens is 1. The molecule has 0 radical (unpaired) electrons. The molecule has 2 aliphatic rings. The van der Waals surface area contributed by atoms with Crippen LogP contribution < -0.4 is 0 Å². The lowest BCUT2D eigenvalue weighted by Gasteiger charge is -2.29. The van der Waals surface area contributed by atoms with Gasteiger partial charge in [0.1, 0.15) is 11.6 Å². The van der Waals surface area contributed by atoms with Crippen LogP contribution in [0.3, 0.4) is 0 Å². The van der Waals surface area contributed by atoms with Crippen LogP contribution in [0.2, 0.25) is 0 Å². The van der Waals surface area contributed by atoms with Gasteiger partial charge in [0.25, 0.3) is 11.8 Å². The normalized spacial score (nSPS) is 18.9. The second kappa shape index (κ2) is 5.49. The van der Waals surface area contributed by atoms with E-state index in [0.29, 0.717) is 6.42 Å². The van der Waals surface area contributed by atoms with Gasteiger partial charge in [-0.3, -0.25) is 14.5 Å². The zero-order valence-corrected chi connectivity index (χ0v) is 14.6. The minimum Gasteiger partial charge on any atom is -0.356 e. The van der Waals surface area contributed by atoms with Crippen molar-refractivity contribution >= 4 is 22.7 Å². The quantitative estimate of drug-likeness (QED) is 0.648. The topological polar surface area (TPSA) is 53.2 Å². The summed E-state index contributed by atoms with van der Waals surface area (Å²) in [5, 5.41) is 1.07. The standard InChI is InChI=1S/C21H16F2N2O2/c1-10-5-8-15-12(9-10)11-3-2-4-16(19(11)24-15)25-20(26)17-13(22)6-7-14(23)18(17)21(25)27/h5-9,16,24H,2-4H2,1H3. The Balaban J connectivity index is 1.67. The van der Waals surface area contributed by atoms with Crippen LogP contribution >= 0.6 is 0 Å². The Bertz CT molecular complexity index is 1110. The highest BCUT2D eigenvalue weighted by Gasteiger charge is 2.45. The number of rotatable bonds is 1. The number of carbonyl (C=O) groups is 2. The Labute approximate surface area is 153 Å². The number of H-pyrrole nitrogens is 1. The Morgan fingerprint density at radius 2 is 1.70 bits per heavy atom. The van der Waals surface area contributed by atoms with Crippen molar-refractivity contribution in [3.8, 4) is 0 Å². The maximum atomic E-state index is 14.2. The van der Waals surface area contributed by atoms with Gasteiger partial charge >= 0.3 is 0 Å². The first-order valence-corrected chi connectivity index (χ1v) is 8.94. The van der Waals surface area contributed by atoms with E-state index in [1.54, 1.807) is 0 Å². The van der Waals surface area contributed by atoms with Gasteiger partial charge in [0, 0.05) is 16.6 Å². The second-order valence-corrected chi connectivity index (χ2v) is 7.23. The summed E-state index contributed by atoms with van der Waals surface area (Å²) in [7, 11) is 0. The lowest BCUT2D eigenvalue weighted by Crippen LogP contribution is -2.36. The van der Waals surface area contributed by atoms with Crippen LogP contribution in [0.15, 0.2) is 30.3 Å². The molecule has 0 saturated carbocycles. The number of aryl methyl sites for hydroxylation is 2. The molecule has 0 saturated heterocycles. The molecule has 2 aromatic carbocycles. The molecule has 27 heavy (non-hydrogen) atoms. The van der Waals surface area contributed by atoms with Crippen molar-refractivity contribution in [1.82, 2.24) is 9.88 Å². The summed E-state index contributed by atoms with van der Waals surface area (Å²) < 4.78 is 28.3. The molecule has 5 rings (SSSR count). The van der Waals surface area contributed by atoms with Gasteiger partial charge < -0.3 is 4.98 Å². The molecule has 1 N–H and O–H groups in total. The number of amides is 2. The van der Waals surface area contributed by atoms with Gasteiger partial charge in [0.15, 0.2) is 0 Å². The number of nitrogens with zero attached hydrogens (tertiary/aromatic N) is 1. The average Bonchev–Trinajstić information content (AvgIpc) is 3.14. The predicted octanol–water partition coefficient (Wildman–Crippen LogP) is 4.43. The van der Waals surface area contributed by atoms with E-state index in [4.69, 9.17) is 0 Å². The number of benzene rings is 2. The number of hydrogen-bond donors (Lipinski definition) is 1. The summed E-state index contributed by atoms with van der Waals surface area (Å²) in [4.78, 5) is 30.0. The molecule has 0 fully saturated rings. The average molecular weight is 366 g/mol. The fourth-order valence-corrected chi connectivity index (χ4v) is 4.40. The summed E-state index contributed by atoms with van der Waals surface area (Å²) in [5.41, 5.74) is 3.00. The van der Waals surface area contributed by atoms with Gasteiger partial charge in [0.2, 0.25) is 0 Å². The van der Waals surface area contributed by atoms with Gasteiger partial charge in [-0.05, 0) is 56.0 Å². The number of fused-ring (bicyclic) bond motifs is 4. The molecule has 3 aromatic rings. The third kappa shape index (κ3) is 2.13. The summed E-state index contributed by atoms with van der Waals surface area (Å²) in [6.07, 6.45) is 2.19. The Morgan fingerprint density at radius 3 is 2.37 bits per heavy atom. The minimum atomic E-state index is -0.865. The number of halogens is 2. The van der Waals surface area contributed by atoms with Crippen LogP contribution in [0.4, 0.5) is 8.78 Å². The monoisotopic (exact) mass is 366 g/mol. The van der Waals surface area contributed by atoms with E-state index >= 15 is 0 Å². The minimum absolute atomic E-state index is 0.459. The number of imide groups is 1. The lowest BCUT2D eigenvalue weighted by molar-refractivity contribution is 0.0561. The van der Waals surface area contributed by atoms with E-state index in [1.807, 2.05) is 19.1 Å². The molecule has 1 aromatic heterocycles. The molecular formula is C21H16F2N2O2. The molecule has 0 spiro atoms. The number of hydrogen-bond acceptors (Lipinski definition) is 2. The van der Waals surface area contributed by atoms with Crippen molar-refractivity contribution in [2.24, 2.45) is 0 Å². The highest BCUT2D eigenvalue weighted by atomic mass is 19.1. The summed E-state index contributed by atoms with van der Waals surface area (Å²) in [5.74, 6) is -3.26. The van der Waals surface area contributed by atoms with Gasteiger partial charge in [-0.15, -0.1) is 0 Å². The Kier molecular flexibility index (Phi) is 3.29. The highest BCUT2D eigenvalue weighted by Crippen LogP contribution is 2.42. The van der Waals surface area contributed by atoms with Gasteiger partial charge in [-0.25, -0.2) is 8.78 Å². The van der Waals surface area contributed by atoms with Crippen LogP contribution in [-0.4, -0.2) is 21.7 Å². The van der Waals surface area contributed by atoms with Crippen LogP contribution in [0, 0.1) is 18.6 Å². The first kappa shape index (κ1) is 16.2. The maximum Gasteiger partial charge on any atom is 0.265 e. The van der Waals surface area contributed by atoms with Crippen molar-refractivity contribution in [2.75, 3.05) is 0 Å². The van der Waals surface area contributed by atoms with Crippen LogP contribution in [0.5, 0.6) is 0 Å². The van der Waals surface area contributed by atoms with E-state index in [1.165, 1.54) is 0 Å². The lowest BCUT2D eigenvalue weighted by atomic mass is 9.90. The molecule has 136 valence electrons. The van der Waals surface area contributed by atoms with E-state index in [-0.39, 0.29) is 0 Å². The predicted molar refractivity (Wildman–Crippen MR) is 95.6 cm³/mol. The van der Waals surface area contributed by atoms with E-state index in [9.17, 15) is 18.4 Å². The van der Waals surface area contributed by atoms with Crippen molar-refractivity contribution in [2.45, 2.75) is 32.2 Å². The molecule has 6 heteroatoms. The largest absolute Gasteiger partial charge is 0.356 e. The molecule has 1 atom stereocenters. The third-order valence-electron chi connectivity index (χ3n) is 5.61. The van der Waals surface area contributed by atoms with Gasteiger partial charge in [0.05, 0.1) is 17.2 Å². The first-order chi connectivity index (χ1) is 13.0. The zero-order valence-electron chi connectivity index (χ0n) is 14.6. The number of aromatic amines is 1. The molecule has 1 unspecified atom stereocenters. The smallest absolute Gasteiger partial charge is 0.265 e. The van der Waals surface area contributed by atoms with E-state index < -0.39 is 40.6 Å². The fraction of sp³-hybridized carbons (Fsp3) is 0.238. The molecule has 2 heterocycles. The third-order valence-corrected chi connectivity index (χ3v) is 5.61. The summed E-state index contributed by atoms with van der Waals surface area (Å²) in [6, 6.07) is 7.28. The van der Waals surface area contributed by atoms with Crippen molar-refractivity contribution < 1.29 is 18.4 Å². The Morgan fingerprint density at radius 1 is 1.04 bits per heavy atom. The number of carbonyl (C=O) groups excluding carboxylic acids is 2. The molecular weight excluding hydrogens is 350 g/mol. The van der Waals surface area contributed by atoms with Crippen LogP contribution in [0.1, 0.15) is 56.4 Å². The van der Waals surface area contributed by atoms with Crippen molar-refractivity contribution in [3.05, 3.63) is 69.9 Å². The number of nitrogens with one attached hydrogen (secondary N) is 1. The second-order valence-electron chi connectivity index (χ2n) is 7.23. The summed E-state index contributed by atoms with van der Waals surface area (Å²) >= 11 is 0. The SMILES string of the molecule is Cc1ccc2[nH]c3c(c2c1)CCCC3N1C(=O)c2c(F)ccc(F)c2C1=O. The highest BCUT2D eigenvalue weighted by molar-refractivity contribution is 6.21. The van der Waals surface area contributed by atoms with Crippen LogP contribution in [0.25, 0.3) is 10.9 Å². The van der Waals surface area contributed by atoms with Gasteiger partial charge in [-0.2, -0.15) is 0 Å². The zero-order chi connectivity index (χ0) is 18.9. The van der Waals surface area contributed by atoms with Crippen molar-refractivity contribution in [1.29, 1.82) is 0 Å². The maximum absolute atomic E-state index is 14.2. The summed E-state index contributed by atoms with van der Waals surface area (Å²) in [6.45, 7) is 2.01. The molecule has 4 nitrogen and oxygen atoms in total. The first-order valence-electron chi connectivity index (χ1n) is 8.94. The molecule has 0 bridgehead atoms. The van der Waals surface area contributed by atoms with E-state index in [0.717, 1.165) is 57.6 Å². The van der Waals surface area contributed by atoms with E-state index in [2.05, 4.69) is 11.1 Å². The Hall–Kier alpha value is -3.02. The molecule has 1 aliphatic carbocycles. The van der Waals surface area contributed by atoms with Gasteiger partial charge in [-0.1, -0.05) is 11.6 Å². The molecule has 1 aliphatic heterocycles. The fourth-order valence-electron chi connectivity index (χ4n) is 4.40. The molecule has 2 amide bonds. The van der Waals surface area contributed by atoms with Crippen molar-refractivity contribution in [3.63, 3.8) is 0 Å². The van der Waals surface area contributed by atoms with Crippen LogP contribution in [-0.2, 0) is 6.42 Å².